The first-order chi connectivity index (χ1) is 17.5. The molecule has 1 amide bonds. The van der Waals surface area contributed by atoms with E-state index < -0.39 is 5.97 Å². The summed E-state index contributed by atoms with van der Waals surface area (Å²) in [5.41, 5.74) is 1.62. The van der Waals surface area contributed by atoms with Crippen molar-refractivity contribution in [1.29, 1.82) is 0 Å². The van der Waals surface area contributed by atoms with Gasteiger partial charge in [-0.2, -0.15) is 0 Å². The lowest BCUT2D eigenvalue weighted by Crippen LogP contribution is -2.48. The van der Waals surface area contributed by atoms with Crippen LogP contribution in [0.1, 0.15) is 94.1 Å². The first-order valence-electron chi connectivity index (χ1n) is 13.6. The summed E-state index contributed by atoms with van der Waals surface area (Å²) in [4.78, 5) is 29.3. The smallest absolute Gasteiger partial charge is 0.348 e. The summed E-state index contributed by atoms with van der Waals surface area (Å²) < 4.78 is 11.7. The van der Waals surface area contributed by atoms with Gasteiger partial charge in [0, 0.05) is 24.0 Å². The number of hydrogen-bond acceptors (Lipinski definition) is 5. The number of allylic oxidation sites excluding steroid dienone is 2. The fraction of sp³-hybridized carbons (Fsp3) is 0.667. The van der Waals surface area contributed by atoms with E-state index >= 15 is 0 Å². The van der Waals surface area contributed by atoms with Crippen LogP contribution in [0.15, 0.2) is 17.7 Å². The Morgan fingerprint density at radius 1 is 1.16 bits per heavy atom. The van der Waals surface area contributed by atoms with Crippen LogP contribution in [-0.4, -0.2) is 48.4 Å². The van der Waals surface area contributed by atoms with E-state index in [4.69, 9.17) is 9.47 Å². The number of ether oxygens (including phenoxy) is 2. The second kappa shape index (κ2) is 11.7. The van der Waals surface area contributed by atoms with Gasteiger partial charge in [0.15, 0.2) is 0 Å². The standard InChI is InChI=1S/C30H41NO5S/c1-19-6-11-25(20(2)16-19)28(32)31(21-7-9-22(10-8-21)36-23-13-15-35-18-23)26-17-24(12-14-30(3,4)5)37-27(26)29(33)34/h6,17,20-23,25H,7-11,13,15-16,18H2,1-5H3,(H,33,34)/t20-,21-,22-,23-,25-/m0/s1. The second-order valence-electron chi connectivity index (χ2n) is 12.0. The third-order valence-electron chi connectivity index (χ3n) is 7.61. The van der Waals surface area contributed by atoms with Crippen molar-refractivity contribution in [2.45, 2.75) is 97.8 Å². The molecular formula is C30H41NO5S. The maximum absolute atomic E-state index is 14.2. The molecule has 6 nitrogen and oxygen atoms in total. The summed E-state index contributed by atoms with van der Waals surface area (Å²) in [7, 11) is 0. The zero-order chi connectivity index (χ0) is 26.7. The van der Waals surface area contributed by atoms with Crippen LogP contribution in [-0.2, 0) is 14.3 Å². The maximum atomic E-state index is 14.2. The minimum atomic E-state index is -1.01. The lowest BCUT2D eigenvalue weighted by atomic mass is 9.79. The van der Waals surface area contributed by atoms with Crippen LogP contribution < -0.4 is 4.90 Å². The number of aromatic carboxylic acids is 1. The molecule has 3 atom stereocenters. The van der Waals surface area contributed by atoms with E-state index in [2.05, 4.69) is 31.8 Å². The van der Waals surface area contributed by atoms with Gasteiger partial charge in [-0.25, -0.2) is 4.79 Å². The molecule has 0 bridgehead atoms. The minimum absolute atomic E-state index is 0.0421. The summed E-state index contributed by atoms with van der Waals surface area (Å²) >= 11 is 1.17. The van der Waals surface area contributed by atoms with Gasteiger partial charge in [-0.05, 0) is 84.6 Å². The molecule has 0 radical (unpaired) electrons. The summed E-state index contributed by atoms with van der Waals surface area (Å²) in [5, 5.41) is 10.1. The van der Waals surface area contributed by atoms with Gasteiger partial charge in [-0.3, -0.25) is 4.79 Å². The molecule has 1 saturated heterocycles. The van der Waals surface area contributed by atoms with Crippen molar-refractivity contribution in [2.75, 3.05) is 18.1 Å². The van der Waals surface area contributed by atoms with E-state index in [1.807, 2.05) is 31.7 Å². The van der Waals surface area contributed by atoms with E-state index in [0.717, 1.165) is 45.1 Å². The number of thiophene rings is 1. The molecule has 1 N–H and O–H groups in total. The molecule has 1 aromatic rings. The van der Waals surface area contributed by atoms with Crippen molar-refractivity contribution < 1.29 is 24.2 Å². The fourth-order valence-corrected chi connectivity index (χ4v) is 6.51. The molecule has 4 rings (SSSR count). The van der Waals surface area contributed by atoms with Gasteiger partial charge >= 0.3 is 5.97 Å². The summed E-state index contributed by atoms with van der Waals surface area (Å²) in [6.45, 7) is 11.8. The SMILES string of the molecule is CC1=CC[C@H](C(=O)N(c2cc(C#CC(C)(C)C)sc2C(=O)O)[C@H]2CC[C@H](O[C@H]3CCOC3)CC2)[C@@H](C)C1. The number of nitrogens with zero attached hydrogens (tertiary/aromatic N) is 1. The first kappa shape index (κ1) is 27.9. The fourth-order valence-electron chi connectivity index (χ4n) is 5.67. The Labute approximate surface area is 225 Å². The quantitative estimate of drug-likeness (QED) is 0.348. The van der Waals surface area contributed by atoms with Crippen LogP contribution in [0.5, 0.6) is 0 Å². The van der Waals surface area contributed by atoms with Gasteiger partial charge in [-0.15, -0.1) is 11.3 Å². The minimum Gasteiger partial charge on any atom is -0.477 e. The van der Waals surface area contributed by atoms with Crippen molar-refractivity contribution in [3.8, 4) is 11.8 Å². The van der Waals surface area contributed by atoms with Crippen molar-refractivity contribution >= 4 is 28.9 Å². The van der Waals surface area contributed by atoms with Crippen LogP contribution in [0.4, 0.5) is 5.69 Å². The number of rotatable bonds is 6. The van der Waals surface area contributed by atoms with Crippen LogP contribution in [0, 0.1) is 29.1 Å². The maximum Gasteiger partial charge on any atom is 0.348 e. The van der Waals surface area contributed by atoms with E-state index in [-0.39, 0.29) is 46.3 Å². The van der Waals surface area contributed by atoms with Crippen LogP contribution >= 0.6 is 11.3 Å². The highest BCUT2D eigenvalue weighted by molar-refractivity contribution is 7.15. The van der Waals surface area contributed by atoms with E-state index in [1.54, 1.807) is 0 Å². The highest BCUT2D eigenvalue weighted by Gasteiger charge is 2.39. The predicted octanol–water partition coefficient (Wildman–Crippen LogP) is 6.29. The molecule has 0 unspecified atom stereocenters. The summed E-state index contributed by atoms with van der Waals surface area (Å²) in [6, 6.07) is 1.78. The zero-order valence-corrected chi connectivity index (χ0v) is 23.7. The molecule has 1 aliphatic heterocycles. The molecule has 0 spiro atoms. The Hall–Kier alpha value is -2.14. The van der Waals surface area contributed by atoms with Crippen LogP contribution in [0.25, 0.3) is 0 Å². The molecule has 3 aliphatic rings. The molecule has 202 valence electrons. The number of carboxylic acids is 1. The van der Waals surface area contributed by atoms with Gasteiger partial charge in [0.1, 0.15) is 4.88 Å². The number of carbonyl (C=O) groups is 2. The molecule has 7 heteroatoms. The topological polar surface area (TPSA) is 76.1 Å². The second-order valence-corrected chi connectivity index (χ2v) is 13.0. The Kier molecular flexibility index (Phi) is 8.83. The Morgan fingerprint density at radius 2 is 1.89 bits per heavy atom. The predicted molar refractivity (Wildman–Crippen MR) is 147 cm³/mol. The van der Waals surface area contributed by atoms with Gasteiger partial charge < -0.3 is 19.5 Å². The average Bonchev–Trinajstić information content (AvgIpc) is 3.49. The summed E-state index contributed by atoms with van der Waals surface area (Å²) in [5.74, 6) is 5.47. The lowest BCUT2D eigenvalue weighted by molar-refractivity contribution is -0.124. The van der Waals surface area contributed by atoms with Crippen molar-refractivity contribution in [3.63, 3.8) is 0 Å². The monoisotopic (exact) mass is 527 g/mol. The number of hydrogen-bond donors (Lipinski definition) is 1. The van der Waals surface area contributed by atoms with Crippen molar-refractivity contribution in [3.05, 3.63) is 27.5 Å². The number of carbonyl (C=O) groups excluding carboxylic acids is 1. The molecule has 1 saturated carbocycles. The molecule has 37 heavy (non-hydrogen) atoms. The molecular weight excluding hydrogens is 486 g/mol. The van der Waals surface area contributed by atoms with Crippen LogP contribution in [0.3, 0.4) is 0 Å². The first-order valence-corrected chi connectivity index (χ1v) is 14.5. The molecule has 2 aliphatic carbocycles. The number of anilines is 1. The molecule has 0 aromatic carbocycles. The largest absolute Gasteiger partial charge is 0.477 e. The zero-order valence-electron chi connectivity index (χ0n) is 22.8. The average molecular weight is 528 g/mol. The Balaban J connectivity index is 1.63. The molecule has 2 heterocycles. The Morgan fingerprint density at radius 3 is 2.49 bits per heavy atom. The van der Waals surface area contributed by atoms with Crippen molar-refractivity contribution in [1.82, 2.24) is 0 Å². The molecule has 2 fully saturated rings. The van der Waals surface area contributed by atoms with Crippen molar-refractivity contribution in [2.24, 2.45) is 17.3 Å². The number of amides is 1. The highest BCUT2D eigenvalue weighted by Crippen LogP contribution is 2.39. The van der Waals surface area contributed by atoms with Crippen LogP contribution in [0.2, 0.25) is 0 Å². The van der Waals surface area contributed by atoms with Gasteiger partial charge in [-0.1, -0.05) is 30.4 Å². The third-order valence-corrected chi connectivity index (χ3v) is 8.64. The number of carboxylic acid groups (broad SMARTS) is 1. The van der Waals surface area contributed by atoms with E-state index in [1.165, 1.54) is 16.9 Å². The Bertz CT molecular complexity index is 1070. The third kappa shape index (κ3) is 7.04. The van der Waals surface area contributed by atoms with E-state index in [9.17, 15) is 14.7 Å². The van der Waals surface area contributed by atoms with Gasteiger partial charge in [0.25, 0.3) is 0 Å². The van der Waals surface area contributed by atoms with E-state index in [0.29, 0.717) is 23.6 Å². The van der Waals surface area contributed by atoms with Gasteiger partial charge in [0.2, 0.25) is 5.91 Å². The lowest BCUT2D eigenvalue weighted by Gasteiger charge is -2.40. The molecule has 1 aromatic heterocycles. The highest BCUT2D eigenvalue weighted by atomic mass is 32.1. The summed E-state index contributed by atoms with van der Waals surface area (Å²) in [6.07, 6.45) is 8.31. The van der Waals surface area contributed by atoms with Gasteiger partial charge in [0.05, 0.1) is 29.4 Å². The normalized spacial score (nSPS) is 28.2.